The van der Waals surface area contributed by atoms with E-state index in [0.717, 1.165) is 5.56 Å². The summed E-state index contributed by atoms with van der Waals surface area (Å²) in [6.07, 6.45) is 0.787. The first-order chi connectivity index (χ1) is 16.0. The summed E-state index contributed by atoms with van der Waals surface area (Å²) in [5.41, 5.74) is 8.41. The number of nitrogens with two attached hydrogens (primary N) is 1. The van der Waals surface area contributed by atoms with E-state index in [1.165, 1.54) is 7.11 Å². The van der Waals surface area contributed by atoms with Gasteiger partial charge in [-0.3, -0.25) is 4.79 Å². The largest absolute Gasteiger partial charge is 0.497 e. The Morgan fingerprint density at radius 2 is 1.85 bits per heavy atom. The van der Waals surface area contributed by atoms with Gasteiger partial charge in [-0.1, -0.05) is 30.3 Å². The predicted molar refractivity (Wildman–Crippen MR) is 122 cm³/mol. The van der Waals surface area contributed by atoms with Crippen LogP contribution in [0.2, 0.25) is 0 Å². The molecule has 4 rings (SSSR count). The number of benzene rings is 2. The van der Waals surface area contributed by atoms with Gasteiger partial charge in [0, 0.05) is 24.0 Å². The van der Waals surface area contributed by atoms with Gasteiger partial charge >= 0.3 is 5.97 Å². The highest BCUT2D eigenvalue weighted by atomic mass is 16.5. The van der Waals surface area contributed by atoms with Gasteiger partial charge in [0.2, 0.25) is 5.88 Å². The first kappa shape index (κ1) is 22.5. The number of Topliss-reactive ketones (excluding diaryl/α,β-unsaturated/α-hetero) is 1. The molecule has 2 aromatic carbocycles. The smallest absolute Gasteiger partial charge is 0.340 e. The third-order valence-electron chi connectivity index (χ3n) is 6.05. The van der Waals surface area contributed by atoms with Gasteiger partial charge in [0.05, 0.1) is 26.7 Å². The standard InChI is InChI=1S/C26H27NO6/c1-4-32-26(29)24-22(18-14-17(30-2)10-11-20(18)31-3)23-19(28)12-16(13-21(23)33-25(24)27)15-8-6-5-7-9-15/h5-11,14,16,22H,4,12-13,27H2,1-3H3. The van der Waals surface area contributed by atoms with Crippen LogP contribution in [0.1, 0.15) is 42.7 Å². The van der Waals surface area contributed by atoms with Crippen LogP contribution >= 0.6 is 0 Å². The second-order valence-electron chi connectivity index (χ2n) is 7.92. The van der Waals surface area contributed by atoms with Crippen molar-refractivity contribution in [2.45, 2.75) is 31.6 Å². The number of carbonyl (C=O) groups is 2. The van der Waals surface area contributed by atoms with Crippen LogP contribution in [0.5, 0.6) is 11.5 Å². The zero-order valence-corrected chi connectivity index (χ0v) is 18.9. The van der Waals surface area contributed by atoms with Gasteiger partial charge in [-0.15, -0.1) is 0 Å². The topological polar surface area (TPSA) is 97.1 Å². The minimum Gasteiger partial charge on any atom is -0.497 e. The van der Waals surface area contributed by atoms with Crippen molar-refractivity contribution < 1.29 is 28.5 Å². The van der Waals surface area contributed by atoms with E-state index in [2.05, 4.69) is 0 Å². The molecule has 0 spiro atoms. The molecule has 2 aliphatic rings. The van der Waals surface area contributed by atoms with Crippen molar-refractivity contribution in [1.82, 2.24) is 0 Å². The lowest BCUT2D eigenvalue weighted by molar-refractivity contribution is -0.139. The molecule has 33 heavy (non-hydrogen) atoms. The van der Waals surface area contributed by atoms with E-state index in [4.69, 9.17) is 24.7 Å². The Balaban J connectivity index is 1.87. The van der Waals surface area contributed by atoms with Crippen molar-refractivity contribution >= 4 is 11.8 Å². The summed E-state index contributed by atoms with van der Waals surface area (Å²) in [7, 11) is 3.08. The summed E-state index contributed by atoms with van der Waals surface area (Å²) in [6, 6.07) is 15.1. The van der Waals surface area contributed by atoms with Crippen molar-refractivity contribution in [3.05, 3.63) is 82.4 Å². The molecule has 172 valence electrons. The monoisotopic (exact) mass is 449 g/mol. The lowest BCUT2D eigenvalue weighted by Crippen LogP contribution is -2.33. The zero-order chi connectivity index (χ0) is 23.5. The highest BCUT2D eigenvalue weighted by Gasteiger charge is 2.44. The fraction of sp³-hybridized carbons (Fsp3) is 0.308. The van der Waals surface area contributed by atoms with E-state index in [-0.39, 0.29) is 29.8 Å². The Labute approximate surface area is 192 Å². The van der Waals surface area contributed by atoms with Gasteiger partial charge in [0.15, 0.2) is 5.78 Å². The number of hydrogen-bond donors (Lipinski definition) is 1. The van der Waals surface area contributed by atoms with E-state index in [0.29, 0.717) is 41.2 Å². The zero-order valence-electron chi connectivity index (χ0n) is 18.9. The molecule has 2 aromatic rings. The summed E-state index contributed by atoms with van der Waals surface area (Å²) in [5, 5.41) is 0. The Bertz CT molecular complexity index is 1130. The van der Waals surface area contributed by atoms with Gasteiger partial charge in [-0.2, -0.15) is 0 Å². The summed E-state index contributed by atoms with van der Waals surface area (Å²) in [5.74, 6) is -0.0918. The third-order valence-corrected chi connectivity index (χ3v) is 6.05. The van der Waals surface area contributed by atoms with Crippen LogP contribution < -0.4 is 15.2 Å². The highest BCUT2D eigenvalue weighted by Crippen LogP contribution is 2.49. The van der Waals surface area contributed by atoms with Crippen molar-refractivity contribution in [1.29, 1.82) is 0 Å². The Hall–Kier alpha value is -3.74. The molecule has 1 heterocycles. The van der Waals surface area contributed by atoms with E-state index >= 15 is 0 Å². The lowest BCUT2D eigenvalue weighted by atomic mass is 9.73. The Morgan fingerprint density at radius 3 is 2.52 bits per heavy atom. The molecule has 0 amide bonds. The summed E-state index contributed by atoms with van der Waals surface area (Å²) >= 11 is 0. The molecule has 1 aliphatic carbocycles. The van der Waals surface area contributed by atoms with Gasteiger partial charge < -0.3 is 24.7 Å². The number of esters is 1. The number of rotatable bonds is 6. The molecular weight excluding hydrogens is 422 g/mol. The number of ether oxygens (including phenoxy) is 4. The molecule has 0 aromatic heterocycles. The first-order valence-corrected chi connectivity index (χ1v) is 10.9. The van der Waals surface area contributed by atoms with Crippen LogP contribution in [-0.4, -0.2) is 32.6 Å². The number of ketones is 1. The Kier molecular flexibility index (Phi) is 6.40. The van der Waals surface area contributed by atoms with E-state index < -0.39 is 11.9 Å². The maximum absolute atomic E-state index is 13.6. The second-order valence-corrected chi connectivity index (χ2v) is 7.92. The van der Waals surface area contributed by atoms with Gasteiger partial charge in [-0.05, 0) is 36.6 Å². The molecule has 0 saturated heterocycles. The van der Waals surface area contributed by atoms with Crippen molar-refractivity contribution in [2.75, 3.05) is 20.8 Å². The van der Waals surface area contributed by atoms with Crippen molar-refractivity contribution in [3.63, 3.8) is 0 Å². The molecule has 0 radical (unpaired) electrons. The second kappa shape index (κ2) is 9.40. The van der Waals surface area contributed by atoms with Gasteiger partial charge in [0.1, 0.15) is 22.8 Å². The van der Waals surface area contributed by atoms with Crippen LogP contribution in [0.3, 0.4) is 0 Å². The van der Waals surface area contributed by atoms with E-state index in [1.807, 2.05) is 30.3 Å². The molecule has 0 bridgehead atoms. The molecule has 2 atom stereocenters. The minimum atomic E-state index is -0.790. The average molecular weight is 450 g/mol. The molecule has 7 nitrogen and oxygen atoms in total. The molecule has 0 saturated carbocycles. The molecule has 7 heteroatoms. The van der Waals surface area contributed by atoms with Gasteiger partial charge in [-0.25, -0.2) is 4.79 Å². The van der Waals surface area contributed by atoms with Crippen LogP contribution in [0.25, 0.3) is 0 Å². The molecule has 2 unspecified atom stereocenters. The first-order valence-electron chi connectivity index (χ1n) is 10.9. The third kappa shape index (κ3) is 4.18. The predicted octanol–water partition coefficient (Wildman–Crippen LogP) is 3.95. The van der Waals surface area contributed by atoms with Gasteiger partial charge in [0.25, 0.3) is 0 Å². The number of methoxy groups -OCH3 is 2. The van der Waals surface area contributed by atoms with Crippen LogP contribution in [0.15, 0.2) is 71.3 Å². The quantitative estimate of drug-likeness (QED) is 0.667. The maximum Gasteiger partial charge on any atom is 0.340 e. The van der Waals surface area contributed by atoms with Crippen molar-refractivity contribution in [3.8, 4) is 11.5 Å². The van der Waals surface area contributed by atoms with Crippen LogP contribution in [-0.2, 0) is 19.1 Å². The molecule has 2 N–H and O–H groups in total. The normalized spacial score (nSPS) is 20.2. The van der Waals surface area contributed by atoms with E-state index in [1.54, 1.807) is 32.2 Å². The van der Waals surface area contributed by atoms with Crippen LogP contribution in [0, 0.1) is 0 Å². The fourth-order valence-corrected chi connectivity index (χ4v) is 4.55. The average Bonchev–Trinajstić information content (AvgIpc) is 2.83. The molecule has 1 aliphatic heterocycles. The maximum atomic E-state index is 13.6. The molecular formula is C26H27NO6. The number of carbonyl (C=O) groups excluding carboxylic acids is 2. The summed E-state index contributed by atoms with van der Waals surface area (Å²) < 4.78 is 22.2. The SMILES string of the molecule is CCOC(=O)C1=C(N)OC2=C(C(=O)CC(c3ccccc3)C2)C1c1cc(OC)ccc1OC. The lowest BCUT2D eigenvalue weighted by Gasteiger charge is -2.35. The molecule has 0 fully saturated rings. The number of hydrogen-bond acceptors (Lipinski definition) is 7. The van der Waals surface area contributed by atoms with E-state index in [9.17, 15) is 9.59 Å². The summed E-state index contributed by atoms with van der Waals surface area (Å²) in [6.45, 7) is 1.87. The Morgan fingerprint density at radius 1 is 1.09 bits per heavy atom. The van der Waals surface area contributed by atoms with Crippen molar-refractivity contribution in [2.24, 2.45) is 5.73 Å². The fourth-order valence-electron chi connectivity index (χ4n) is 4.55. The number of allylic oxidation sites excluding steroid dienone is 2. The minimum absolute atomic E-state index is 0.0396. The van der Waals surface area contributed by atoms with Crippen LogP contribution in [0.4, 0.5) is 0 Å². The highest BCUT2D eigenvalue weighted by molar-refractivity contribution is 6.04. The summed E-state index contributed by atoms with van der Waals surface area (Å²) in [4.78, 5) is 26.5.